The van der Waals surface area contributed by atoms with Gasteiger partial charge in [-0.1, -0.05) is 0 Å². The van der Waals surface area contributed by atoms with Crippen LogP contribution in [0.15, 0.2) is 47.4 Å². The first kappa shape index (κ1) is 15.2. The molecule has 0 unspecified atom stereocenters. The molecule has 0 atom stereocenters. The van der Waals surface area contributed by atoms with Crippen LogP contribution in [0.25, 0.3) is 11.0 Å². The lowest BCUT2D eigenvalue weighted by atomic mass is 10.2. The summed E-state index contributed by atoms with van der Waals surface area (Å²) < 4.78 is 12.3. The van der Waals surface area contributed by atoms with E-state index in [1.54, 1.807) is 43.6 Å². The quantitative estimate of drug-likeness (QED) is 0.773. The number of nitrogens with one attached hydrogen (secondary N) is 1. The van der Waals surface area contributed by atoms with Crippen LogP contribution < -0.4 is 20.3 Å². The molecule has 25 heavy (non-hydrogen) atoms. The Kier molecular flexibility index (Phi) is 3.61. The summed E-state index contributed by atoms with van der Waals surface area (Å²) in [5.74, 6) is 0.722. The summed E-state index contributed by atoms with van der Waals surface area (Å²) in [5, 5.41) is 3.45. The van der Waals surface area contributed by atoms with Crippen molar-refractivity contribution in [2.45, 2.75) is 0 Å². The van der Waals surface area contributed by atoms with Gasteiger partial charge in [-0.05, 0) is 30.3 Å². The lowest BCUT2D eigenvalue weighted by Crippen LogP contribution is -2.28. The van der Waals surface area contributed by atoms with Gasteiger partial charge in [0.15, 0.2) is 11.5 Å². The predicted octanol–water partition coefficient (Wildman–Crippen LogP) is 1.96. The van der Waals surface area contributed by atoms with E-state index in [0.717, 1.165) is 5.39 Å². The van der Waals surface area contributed by atoms with E-state index in [-0.39, 0.29) is 5.56 Å². The summed E-state index contributed by atoms with van der Waals surface area (Å²) >= 11 is 0. The first-order chi connectivity index (χ1) is 12.1. The zero-order valence-corrected chi connectivity index (χ0v) is 13.5. The van der Waals surface area contributed by atoms with Crippen LogP contribution in [0.3, 0.4) is 0 Å². The molecule has 4 rings (SSSR count). The second-order valence-electron chi connectivity index (χ2n) is 5.65. The summed E-state index contributed by atoms with van der Waals surface area (Å²) in [6.45, 7) is 0.961. The third-order valence-corrected chi connectivity index (χ3v) is 4.01. The molecule has 0 radical (unpaired) electrons. The van der Waals surface area contributed by atoms with Gasteiger partial charge in [0, 0.05) is 30.4 Å². The van der Waals surface area contributed by atoms with Crippen molar-refractivity contribution in [1.29, 1.82) is 0 Å². The van der Waals surface area contributed by atoms with Gasteiger partial charge in [-0.25, -0.2) is 4.98 Å². The summed E-state index contributed by atoms with van der Waals surface area (Å²) in [6.07, 6.45) is 1.61. The number of anilines is 1. The van der Waals surface area contributed by atoms with Crippen LogP contribution >= 0.6 is 0 Å². The van der Waals surface area contributed by atoms with Gasteiger partial charge in [0.2, 0.25) is 0 Å². The van der Waals surface area contributed by atoms with Crippen molar-refractivity contribution in [3.05, 3.63) is 58.5 Å². The number of aromatic nitrogens is 2. The molecule has 0 saturated carbocycles. The number of benzene rings is 1. The third kappa shape index (κ3) is 2.69. The summed E-state index contributed by atoms with van der Waals surface area (Å²) in [6, 6.07) is 10.2. The summed E-state index contributed by atoms with van der Waals surface area (Å²) in [4.78, 5) is 29.2. The number of rotatable bonds is 2. The third-order valence-electron chi connectivity index (χ3n) is 4.01. The maximum Gasteiger partial charge on any atom is 0.264 e. The van der Waals surface area contributed by atoms with Crippen molar-refractivity contribution < 1.29 is 14.3 Å². The van der Waals surface area contributed by atoms with Crippen molar-refractivity contribution in [2.24, 2.45) is 7.05 Å². The van der Waals surface area contributed by atoms with E-state index in [1.165, 1.54) is 4.57 Å². The molecule has 0 spiro atoms. The van der Waals surface area contributed by atoms with E-state index >= 15 is 0 Å². The van der Waals surface area contributed by atoms with Crippen LogP contribution in [-0.2, 0) is 7.05 Å². The Bertz CT molecular complexity index is 1040. The fourth-order valence-electron chi connectivity index (χ4n) is 2.78. The van der Waals surface area contributed by atoms with E-state index in [0.29, 0.717) is 36.0 Å². The Hall–Kier alpha value is -3.35. The predicted molar refractivity (Wildman–Crippen MR) is 92.4 cm³/mol. The van der Waals surface area contributed by atoms with Crippen LogP contribution in [0.2, 0.25) is 0 Å². The topological polar surface area (TPSA) is 82.5 Å². The molecule has 1 aliphatic rings. The molecular formula is C18H15N3O4. The van der Waals surface area contributed by atoms with E-state index in [2.05, 4.69) is 10.3 Å². The second-order valence-corrected chi connectivity index (χ2v) is 5.65. The van der Waals surface area contributed by atoms with Gasteiger partial charge in [-0.15, -0.1) is 0 Å². The van der Waals surface area contributed by atoms with Crippen molar-refractivity contribution in [2.75, 3.05) is 18.5 Å². The van der Waals surface area contributed by atoms with Crippen molar-refractivity contribution in [3.8, 4) is 11.5 Å². The maximum absolute atomic E-state index is 12.6. The van der Waals surface area contributed by atoms with Crippen LogP contribution in [0.1, 0.15) is 10.4 Å². The zero-order valence-electron chi connectivity index (χ0n) is 13.5. The van der Waals surface area contributed by atoms with E-state index in [9.17, 15) is 9.59 Å². The number of fused-ring (bicyclic) bond motifs is 2. The maximum atomic E-state index is 12.6. The molecule has 1 aliphatic heterocycles. The summed E-state index contributed by atoms with van der Waals surface area (Å²) in [5.41, 5.74) is 0.713. The number of aryl methyl sites for hydroxylation is 1. The monoisotopic (exact) mass is 337 g/mol. The molecular weight excluding hydrogens is 322 g/mol. The van der Waals surface area contributed by atoms with Gasteiger partial charge in [0.05, 0.1) is 0 Å². The van der Waals surface area contributed by atoms with Gasteiger partial charge in [0.1, 0.15) is 24.4 Å². The van der Waals surface area contributed by atoms with Gasteiger partial charge in [-0.2, -0.15) is 0 Å². The molecule has 7 heteroatoms. The number of carbonyl (C=O) groups is 1. The molecule has 0 fully saturated rings. The van der Waals surface area contributed by atoms with Gasteiger partial charge in [-0.3, -0.25) is 14.2 Å². The fraction of sp³-hybridized carbons (Fsp3) is 0.167. The number of nitrogens with zero attached hydrogens (tertiary/aromatic N) is 2. The molecule has 1 N–H and O–H groups in total. The molecule has 126 valence electrons. The van der Waals surface area contributed by atoms with E-state index < -0.39 is 11.5 Å². The average molecular weight is 337 g/mol. The average Bonchev–Trinajstić information content (AvgIpc) is 2.64. The van der Waals surface area contributed by atoms with Crippen LogP contribution in [-0.4, -0.2) is 28.7 Å². The Morgan fingerprint density at radius 1 is 1.16 bits per heavy atom. The van der Waals surface area contributed by atoms with E-state index in [4.69, 9.17) is 9.47 Å². The molecule has 0 bridgehead atoms. The fourth-order valence-corrected chi connectivity index (χ4v) is 2.78. The minimum atomic E-state index is -0.483. The smallest absolute Gasteiger partial charge is 0.264 e. The highest BCUT2D eigenvalue weighted by molar-refractivity contribution is 6.05. The Balaban J connectivity index is 1.69. The SMILES string of the molecule is Cn1c(=O)c(C(=O)Nc2ccc3c(c2)OCCO3)cc2cccnc21. The molecule has 3 aromatic rings. The number of amides is 1. The van der Waals surface area contributed by atoms with Gasteiger partial charge in [0.25, 0.3) is 11.5 Å². The Morgan fingerprint density at radius 3 is 2.80 bits per heavy atom. The summed E-state index contributed by atoms with van der Waals surface area (Å²) in [7, 11) is 1.60. The van der Waals surface area contributed by atoms with Gasteiger partial charge < -0.3 is 14.8 Å². The number of hydrogen-bond donors (Lipinski definition) is 1. The molecule has 1 amide bonds. The highest BCUT2D eigenvalue weighted by Gasteiger charge is 2.17. The zero-order chi connectivity index (χ0) is 17.4. The van der Waals surface area contributed by atoms with Crippen LogP contribution in [0.5, 0.6) is 11.5 Å². The van der Waals surface area contributed by atoms with Crippen molar-refractivity contribution in [3.63, 3.8) is 0 Å². The Labute approximate surface area is 142 Å². The lowest BCUT2D eigenvalue weighted by Gasteiger charge is -2.19. The number of ether oxygens (including phenoxy) is 2. The second kappa shape index (κ2) is 5.94. The standard InChI is InChI=1S/C18H15N3O4/c1-21-16-11(3-2-6-19-16)9-13(18(21)23)17(22)20-12-4-5-14-15(10-12)25-8-7-24-14/h2-6,9-10H,7-8H2,1H3,(H,20,22). The van der Waals surface area contributed by atoms with Crippen molar-refractivity contribution >= 4 is 22.6 Å². The van der Waals surface area contributed by atoms with Gasteiger partial charge >= 0.3 is 0 Å². The first-order valence-corrected chi connectivity index (χ1v) is 7.79. The van der Waals surface area contributed by atoms with Crippen molar-refractivity contribution in [1.82, 2.24) is 9.55 Å². The highest BCUT2D eigenvalue weighted by atomic mass is 16.6. The number of hydrogen-bond acceptors (Lipinski definition) is 5. The molecule has 3 heterocycles. The highest BCUT2D eigenvalue weighted by Crippen LogP contribution is 2.32. The number of carbonyl (C=O) groups excluding carboxylic acids is 1. The minimum Gasteiger partial charge on any atom is -0.486 e. The molecule has 2 aromatic heterocycles. The normalized spacial score (nSPS) is 12.8. The number of pyridine rings is 2. The van der Waals surface area contributed by atoms with Crippen LogP contribution in [0, 0.1) is 0 Å². The molecule has 0 saturated heterocycles. The molecule has 7 nitrogen and oxygen atoms in total. The molecule has 1 aromatic carbocycles. The van der Waals surface area contributed by atoms with E-state index in [1.807, 2.05) is 6.07 Å². The van der Waals surface area contributed by atoms with Crippen LogP contribution in [0.4, 0.5) is 5.69 Å². The molecule has 0 aliphatic carbocycles. The Morgan fingerprint density at radius 2 is 1.96 bits per heavy atom. The largest absolute Gasteiger partial charge is 0.486 e. The minimum absolute atomic E-state index is 0.0536. The first-order valence-electron chi connectivity index (χ1n) is 7.79. The lowest BCUT2D eigenvalue weighted by molar-refractivity contribution is 0.102.